The van der Waals surface area contributed by atoms with Gasteiger partial charge in [0.15, 0.2) is 0 Å². The summed E-state index contributed by atoms with van der Waals surface area (Å²) in [5, 5.41) is 0. The molecule has 4 N–H and O–H groups in total. The van der Waals surface area contributed by atoms with Crippen LogP contribution in [0.15, 0.2) is 11.6 Å². The van der Waals surface area contributed by atoms with Crippen LogP contribution in [0.4, 0.5) is 4.79 Å². The van der Waals surface area contributed by atoms with E-state index in [2.05, 4.69) is 82.2 Å². The Bertz CT molecular complexity index is 833. The van der Waals surface area contributed by atoms with Crippen LogP contribution in [0.25, 0.3) is 0 Å². The van der Waals surface area contributed by atoms with Crippen LogP contribution < -0.4 is 11.5 Å². The maximum Gasteiger partial charge on any atom is 0.404 e. The Morgan fingerprint density at radius 1 is 0.755 bits per heavy atom. The normalized spacial score (nSPS) is 28.6. The van der Waals surface area contributed by atoms with Crippen LogP contribution in [0.2, 0.25) is 0 Å². The molecular weight excluding hydrogens is 612 g/mol. The number of nitrogens with two attached hydrogens (primary N) is 2. The molecule has 7 nitrogen and oxygen atoms in total. The van der Waals surface area contributed by atoms with Crippen LogP contribution in [0.1, 0.15) is 153 Å². The van der Waals surface area contributed by atoms with E-state index in [9.17, 15) is 4.79 Å². The number of hydrogen-bond donors (Lipinski definition) is 2. The topological polar surface area (TPSA) is 106 Å². The highest BCUT2D eigenvalue weighted by molar-refractivity contribution is 5.64. The second-order valence-electron chi connectivity index (χ2n) is 17.6. The molecule has 5 rings (SSSR count). The second kappa shape index (κ2) is 24.9. The van der Waals surface area contributed by atoms with Gasteiger partial charge in [-0.1, -0.05) is 87.8 Å². The highest BCUT2D eigenvalue weighted by Gasteiger charge is 2.30. The van der Waals surface area contributed by atoms with E-state index in [0.717, 1.165) is 101 Å². The van der Waals surface area contributed by atoms with E-state index in [-0.39, 0.29) is 6.10 Å². The van der Waals surface area contributed by atoms with Gasteiger partial charge in [0.05, 0.1) is 19.3 Å². The first-order valence-electron chi connectivity index (χ1n) is 20.2. The van der Waals surface area contributed by atoms with Gasteiger partial charge in [-0.2, -0.15) is 0 Å². The molecule has 5 aliphatic rings. The van der Waals surface area contributed by atoms with Crippen molar-refractivity contribution < 1.29 is 23.7 Å². The van der Waals surface area contributed by atoms with E-state index in [0.29, 0.717) is 23.5 Å². The summed E-state index contributed by atoms with van der Waals surface area (Å²) in [5.41, 5.74) is 12.7. The number of rotatable bonds is 5. The Hall–Kier alpha value is -1.15. The average molecular weight is 695 g/mol. The third-order valence-electron chi connectivity index (χ3n) is 11.3. The monoisotopic (exact) mass is 695 g/mol. The summed E-state index contributed by atoms with van der Waals surface area (Å²) >= 11 is 0. The van der Waals surface area contributed by atoms with Crippen molar-refractivity contribution >= 4 is 6.09 Å². The molecule has 2 unspecified atom stereocenters. The summed E-state index contributed by atoms with van der Waals surface area (Å²) in [6.07, 6.45) is 16.6. The maximum absolute atomic E-state index is 10.5. The SMILES string of the molecule is CC(C)(C)C1CCC(OC(N)=O)CC1.CC(C)C1=CCOCC1.CC(C)C1CCC(N)CC1.CC(C)C1CCCO1.CC(C)C1CCOC1. The average Bonchev–Trinajstić information content (AvgIpc) is 3.79. The first-order valence-corrected chi connectivity index (χ1v) is 20.2. The highest BCUT2D eigenvalue weighted by Crippen LogP contribution is 2.38. The van der Waals surface area contributed by atoms with Crippen molar-refractivity contribution in [3.05, 3.63) is 11.6 Å². The van der Waals surface area contributed by atoms with Crippen LogP contribution in [0, 0.1) is 46.8 Å². The van der Waals surface area contributed by atoms with Crippen LogP contribution in [-0.4, -0.2) is 57.4 Å². The fourth-order valence-corrected chi connectivity index (χ4v) is 7.30. The van der Waals surface area contributed by atoms with Gasteiger partial charge in [0.2, 0.25) is 0 Å². The van der Waals surface area contributed by atoms with Gasteiger partial charge < -0.3 is 30.4 Å². The summed E-state index contributed by atoms with van der Waals surface area (Å²) in [4.78, 5) is 10.5. The van der Waals surface area contributed by atoms with Gasteiger partial charge in [-0.25, -0.2) is 4.79 Å². The van der Waals surface area contributed by atoms with E-state index in [1.54, 1.807) is 5.57 Å². The summed E-state index contributed by atoms with van der Waals surface area (Å²) in [6.45, 7) is 29.6. The molecule has 2 saturated heterocycles. The largest absolute Gasteiger partial charge is 0.446 e. The van der Waals surface area contributed by atoms with Crippen molar-refractivity contribution in [1.29, 1.82) is 0 Å². The zero-order chi connectivity index (χ0) is 37.0. The lowest BCUT2D eigenvalue weighted by Crippen LogP contribution is -2.31. The first-order chi connectivity index (χ1) is 23.0. The molecule has 3 aliphatic heterocycles. The number of amides is 1. The predicted molar refractivity (Wildman–Crippen MR) is 207 cm³/mol. The Kier molecular flexibility index (Phi) is 23.3. The van der Waals surface area contributed by atoms with Crippen molar-refractivity contribution in [2.45, 2.75) is 171 Å². The number of carbonyl (C=O) groups excluding carboxylic acids is 1. The number of hydrogen-bond acceptors (Lipinski definition) is 6. The third kappa shape index (κ3) is 21.1. The minimum absolute atomic E-state index is 0.0612. The Morgan fingerprint density at radius 2 is 1.37 bits per heavy atom. The summed E-state index contributed by atoms with van der Waals surface area (Å²) < 4.78 is 20.8. The molecule has 0 spiro atoms. The molecule has 0 bridgehead atoms. The Morgan fingerprint density at radius 3 is 1.69 bits per heavy atom. The number of carbonyl (C=O) groups is 1. The van der Waals surface area contributed by atoms with Crippen LogP contribution in [0.3, 0.4) is 0 Å². The fourth-order valence-electron chi connectivity index (χ4n) is 7.30. The number of primary amides is 1. The molecule has 3 heterocycles. The molecule has 2 atom stereocenters. The summed E-state index contributed by atoms with van der Waals surface area (Å²) in [5.74, 6) is 5.67. The van der Waals surface area contributed by atoms with Gasteiger partial charge in [-0.05, 0) is 124 Å². The maximum atomic E-state index is 10.5. The molecule has 290 valence electrons. The van der Waals surface area contributed by atoms with E-state index >= 15 is 0 Å². The van der Waals surface area contributed by atoms with Gasteiger partial charge in [0.25, 0.3) is 0 Å². The fraction of sp³-hybridized carbons (Fsp3) is 0.929. The van der Waals surface area contributed by atoms with Crippen LogP contribution in [0.5, 0.6) is 0 Å². The van der Waals surface area contributed by atoms with Crippen molar-refractivity contribution in [2.24, 2.45) is 58.3 Å². The lowest BCUT2D eigenvalue weighted by molar-refractivity contribution is 0.0504. The second-order valence-corrected chi connectivity index (χ2v) is 17.6. The molecule has 7 heteroatoms. The zero-order valence-electron chi connectivity index (χ0n) is 34.1. The minimum atomic E-state index is -0.635. The minimum Gasteiger partial charge on any atom is -0.446 e. The van der Waals surface area contributed by atoms with Gasteiger partial charge in [-0.15, -0.1) is 0 Å². The molecule has 0 radical (unpaired) electrons. The Balaban J connectivity index is 0.000000312. The van der Waals surface area contributed by atoms with Gasteiger partial charge in [0.1, 0.15) is 6.10 Å². The quantitative estimate of drug-likeness (QED) is 0.278. The lowest BCUT2D eigenvalue weighted by atomic mass is 9.72. The zero-order valence-corrected chi connectivity index (χ0v) is 34.1. The van der Waals surface area contributed by atoms with Crippen LogP contribution >= 0.6 is 0 Å². The predicted octanol–water partition coefficient (Wildman–Crippen LogP) is 10.3. The standard InChI is InChI=1S/C11H21NO2.C9H19N.C8H14O.2C7H14O/c1-11(2,3)8-4-6-9(7-5-8)14-10(12)13;1-7(2)8-3-5-9(10)6-4-8;1-7(2)8-3-5-9-6-4-8;1-6(2)7-3-4-8-5-7;1-6(2)7-4-3-5-8-7/h8-9H,4-7H2,1-3H3,(H2,12,13);7-9H,3-6,10H2,1-2H3;3,7H,4-6H2,1-2H3;2*6-7H,3-5H2,1-2H3. The molecule has 4 fully saturated rings. The van der Waals surface area contributed by atoms with E-state index in [4.69, 9.17) is 30.4 Å². The summed E-state index contributed by atoms with van der Waals surface area (Å²) in [7, 11) is 0. The van der Waals surface area contributed by atoms with Crippen molar-refractivity contribution in [1.82, 2.24) is 0 Å². The van der Waals surface area contributed by atoms with E-state index < -0.39 is 6.09 Å². The van der Waals surface area contributed by atoms with E-state index in [1.807, 2.05) is 0 Å². The summed E-state index contributed by atoms with van der Waals surface area (Å²) in [6, 6.07) is 0.509. The van der Waals surface area contributed by atoms with Gasteiger partial charge in [0, 0.05) is 25.9 Å². The first kappa shape index (κ1) is 45.9. The molecule has 0 aromatic rings. The van der Waals surface area contributed by atoms with Crippen molar-refractivity contribution in [3.63, 3.8) is 0 Å². The molecule has 2 saturated carbocycles. The van der Waals surface area contributed by atoms with Gasteiger partial charge >= 0.3 is 6.09 Å². The van der Waals surface area contributed by atoms with Crippen molar-refractivity contribution in [2.75, 3.05) is 33.0 Å². The van der Waals surface area contributed by atoms with Crippen molar-refractivity contribution in [3.8, 4) is 0 Å². The smallest absolute Gasteiger partial charge is 0.404 e. The van der Waals surface area contributed by atoms with E-state index in [1.165, 1.54) is 44.9 Å². The molecule has 2 aliphatic carbocycles. The molecule has 1 amide bonds. The number of ether oxygens (including phenoxy) is 4. The lowest BCUT2D eigenvalue weighted by Gasteiger charge is -2.36. The van der Waals surface area contributed by atoms with Crippen LogP contribution in [-0.2, 0) is 18.9 Å². The van der Waals surface area contributed by atoms with Gasteiger partial charge in [-0.3, -0.25) is 0 Å². The molecule has 0 aromatic carbocycles. The molecule has 49 heavy (non-hydrogen) atoms. The highest BCUT2D eigenvalue weighted by atomic mass is 16.6. The Labute approximate surface area is 303 Å². The molecular formula is C42H82N2O5. The third-order valence-corrected chi connectivity index (χ3v) is 11.3. The molecule has 0 aromatic heterocycles.